The van der Waals surface area contributed by atoms with E-state index in [0.29, 0.717) is 24.5 Å². The van der Waals surface area contributed by atoms with Gasteiger partial charge in [0.25, 0.3) is 0 Å². The van der Waals surface area contributed by atoms with Crippen LogP contribution in [0, 0.1) is 17.8 Å². The molecule has 0 spiro atoms. The molecule has 2 aliphatic carbocycles. The zero-order valence-corrected chi connectivity index (χ0v) is 18.8. The highest BCUT2D eigenvalue weighted by Gasteiger charge is 2.40. The Balaban J connectivity index is 1.67. The predicted octanol–water partition coefficient (Wildman–Crippen LogP) is 5.78. The molecule has 29 heavy (non-hydrogen) atoms. The standard InChI is InChI=1S/C26H39NO2/c1-6-29-19(3)13-14-20-9-8-12-23(17-20)26(4,5)25(28)27-24-18(2)15-21-10-7-11-22(24)16-21/h8-9,12,17-18,21-22,24H,3,6-7,10-11,13-16H2,1-2,4-5H3,(H,27,28). The minimum atomic E-state index is -0.543. The summed E-state index contributed by atoms with van der Waals surface area (Å²) in [7, 11) is 0. The van der Waals surface area contributed by atoms with Gasteiger partial charge in [0, 0.05) is 12.5 Å². The molecule has 4 atom stereocenters. The van der Waals surface area contributed by atoms with E-state index >= 15 is 0 Å². The first-order chi connectivity index (χ1) is 13.8. The number of ether oxygens (including phenoxy) is 1. The van der Waals surface area contributed by atoms with Crippen LogP contribution in [-0.2, 0) is 21.4 Å². The normalized spacial score (nSPS) is 26.6. The molecule has 0 aliphatic heterocycles. The van der Waals surface area contributed by atoms with Gasteiger partial charge in [-0.3, -0.25) is 4.79 Å². The van der Waals surface area contributed by atoms with Crippen molar-refractivity contribution in [2.24, 2.45) is 17.8 Å². The third-order valence-electron chi connectivity index (χ3n) is 7.20. The maximum absolute atomic E-state index is 13.4. The topological polar surface area (TPSA) is 38.3 Å². The van der Waals surface area contributed by atoms with E-state index in [9.17, 15) is 4.79 Å². The van der Waals surface area contributed by atoms with E-state index in [4.69, 9.17) is 4.74 Å². The molecule has 2 aliphatic rings. The molecule has 0 aromatic heterocycles. The second-order valence-corrected chi connectivity index (χ2v) is 9.80. The Bertz CT molecular complexity index is 721. The fourth-order valence-electron chi connectivity index (χ4n) is 5.41. The maximum Gasteiger partial charge on any atom is 0.230 e. The summed E-state index contributed by atoms with van der Waals surface area (Å²) in [5.74, 6) is 3.11. The van der Waals surface area contributed by atoms with Crippen LogP contribution < -0.4 is 5.32 Å². The Morgan fingerprint density at radius 1 is 1.28 bits per heavy atom. The number of carbonyl (C=O) groups excluding carboxylic acids is 1. The van der Waals surface area contributed by atoms with E-state index in [-0.39, 0.29) is 5.91 Å². The molecule has 1 aromatic rings. The number of nitrogens with one attached hydrogen (secondary N) is 1. The Labute approximate surface area is 177 Å². The van der Waals surface area contributed by atoms with Crippen molar-refractivity contribution in [3.8, 4) is 0 Å². The number of fused-ring (bicyclic) bond motifs is 2. The van der Waals surface area contributed by atoms with Gasteiger partial charge < -0.3 is 10.1 Å². The molecule has 1 amide bonds. The average molecular weight is 398 g/mol. The van der Waals surface area contributed by atoms with Crippen molar-refractivity contribution >= 4 is 5.91 Å². The lowest BCUT2D eigenvalue weighted by Gasteiger charge is -2.45. The van der Waals surface area contributed by atoms with Gasteiger partial charge in [-0.05, 0) is 75.3 Å². The van der Waals surface area contributed by atoms with Crippen molar-refractivity contribution in [2.75, 3.05) is 6.61 Å². The molecule has 160 valence electrons. The minimum absolute atomic E-state index is 0.161. The fraction of sp³-hybridized carbons (Fsp3) is 0.654. The van der Waals surface area contributed by atoms with Gasteiger partial charge in [0.05, 0.1) is 17.8 Å². The molecular weight excluding hydrogens is 358 g/mol. The average Bonchev–Trinajstić information content (AvgIpc) is 2.70. The van der Waals surface area contributed by atoms with E-state index in [1.165, 1.54) is 37.7 Å². The summed E-state index contributed by atoms with van der Waals surface area (Å²) in [5.41, 5.74) is 1.77. The van der Waals surface area contributed by atoms with Crippen LogP contribution in [-0.4, -0.2) is 18.6 Å². The SMILES string of the molecule is C=C(CCc1cccc(C(C)(C)C(=O)NC2C(C)CC3CCCC2C3)c1)OCC. The van der Waals surface area contributed by atoms with E-state index in [1.807, 2.05) is 6.92 Å². The Morgan fingerprint density at radius 3 is 2.83 bits per heavy atom. The molecule has 0 saturated heterocycles. The first-order valence-corrected chi connectivity index (χ1v) is 11.5. The fourth-order valence-corrected chi connectivity index (χ4v) is 5.41. The highest BCUT2D eigenvalue weighted by molar-refractivity contribution is 5.87. The number of hydrogen-bond acceptors (Lipinski definition) is 2. The smallest absolute Gasteiger partial charge is 0.230 e. The van der Waals surface area contributed by atoms with Crippen molar-refractivity contribution in [1.29, 1.82) is 0 Å². The molecule has 3 nitrogen and oxygen atoms in total. The molecule has 2 saturated carbocycles. The maximum atomic E-state index is 13.4. The summed E-state index contributed by atoms with van der Waals surface area (Å²) in [4.78, 5) is 13.4. The second-order valence-electron chi connectivity index (χ2n) is 9.80. The van der Waals surface area contributed by atoms with Crippen LogP contribution in [0.3, 0.4) is 0 Å². The summed E-state index contributed by atoms with van der Waals surface area (Å²) in [6.45, 7) is 13.0. The summed E-state index contributed by atoms with van der Waals surface area (Å²) in [6, 6.07) is 8.79. The number of hydrogen-bond donors (Lipinski definition) is 1. The Morgan fingerprint density at radius 2 is 2.07 bits per heavy atom. The zero-order chi connectivity index (χ0) is 21.0. The molecule has 1 aromatic carbocycles. The Hall–Kier alpha value is -1.77. The van der Waals surface area contributed by atoms with Gasteiger partial charge in [0.2, 0.25) is 5.91 Å². The molecule has 0 heterocycles. The minimum Gasteiger partial charge on any atom is -0.499 e. The van der Waals surface area contributed by atoms with Gasteiger partial charge in [-0.15, -0.1) is 0 Å². The number of benzene rings is 1. The first-order valence-electron chi connectivity index (χ1n) is 11.5. The van der Waals surface area contributed by atoms with Gasteiger partial charge in [0.15, 0.2) is 0 Å². The lowest BCUT2D eigenvalue weighted by Crippen LogP contribution is -2.53. The zero-order valence-electron chi connectivity index (χ0n) is 18.8. The van der Waals surface area contributed by atoms with E-state index in [0.717, 1.165) is 30.1 Å². The van der Waals surface area contributed by atoms with Crippen LogP contribution in [0.1, 0.15) is 77.3 Å². The second kappa shape index (κ2) is 9.36. The van der Waals surface area contributed by atoms with Crippen molar-refractivity contribution < 1.29 is 9.53 Å². The Kier molecular flexibility index (Phi) is 7.08. The summed E-state index contributed by atoms with van der Waals surface area (Å²) < 4.78 is 5.47. The number of carbonyl (C=O) groups is 1. The van der Waals surface area contributed by atoms with Crippen LogP contribution in [0.4, 0.5) is 0 Å². The lowest BCUT2D eigenvalue weighted by atomic mass is 9.65. The quantitative estimate of drug-likeness (QED) is 0.565. The van der Waals surface area contributed by atoms with Crippen LogP contribution in [0.15, 0.2) is 36.6 Å². The molecular formula is C26H39NO2. The largest absolute Gasteiger partial charge is 0.499 e. The highest BCUT2D eigenvalue weighted by atomic mass is 16.5. The van der Waals surface area contributed by atoms with Crippen molar-refractivity contribution in [3.63, 3.8) is 0 Å². The van der Waals surface area contributed by atoms with E-state index in [2.05, 4.69) is 56.9 Å². The number of amides is 1. The number of rotatable bonds is 8. The van der Waals surface area contributed by atoms with Crippen molar-refractivity contribution in [3.05, 3.63) is 47.7 Å². The van der Waals surface area contributed by atoms with Crippen LogP contribution in [0.5, 0.6) is 0 Å². The molecule has 3 rings (SSSR count). The van der Waals surface area contributed by atoms with Crippen LogP contribution in [0.25, 0.3) is 0 Å². The molecule has 3 heteroatoms. The molecule has 2 bridgehead atoms. The molecule has 4 unspecified atom stereocenters. The molecule has 1 N–H and O–H groups in total. The predicted molar refractivity (Wildman–Crippen MR) is 120 cm³/mol. The number of allylic oxidation sites excluding steroid dienone is 1. The molecule has 2 fully saturated rings. The third-order valence-corrected chi connectivity index (χ3v) is 7.20. The van der Waals surface area contributed by atoms with Crippen LogP contribution >= 0.6 is 0 Å². The first kappa shape index (κ1) is 21.9. The van der Waals surface area contributed by atoms with Crippen molar-refractivity contribution in [2.45, 2.75) is 84.1 Å². The van der Waals surface area contributed by atoms with Gasteiger partial charge in [0.1, 0.15) is 0 Å². The van der Waals surface area contributed by atoms with Gasteiger partial charge >= 0.3 is 0 Å². The van der Waals surface area contributed by atoms with Crippen LogP contribution in [0.2, 0.25) is 0 Å². The van der Waals surface area contributed by atoms with E-state index < -0.39 is 5.41 Å². The van der Waals surface area contributed by atoms with Gasteiger partial charge in [-0.2, -0.15) is 0 Å². The number of aryl methyl sites for hydroxylation is 1. The summed E-state index contributed by atoms with van der Waals surface area (Å²) >= 11 is 0. The third kappa shape index (κ3) is 5.24. The summed E-state index contributed by atoms with van der Waals surface area (Å²) in [5, 5.41) is 3.48. The summed E-state index contributed by atoms with van der Waals surface area (Å²) in [6.07, 6.45) is 8.24. The monoisotopic (exact) mass is 397 g/mol. The van der Waals surface area contributed by atoms with Gasteiger partial charge in [-0.25, -0.2) is 0 Å². The lowest BCUT2D eigenvalue weighted by molar-refractivity contribution is -0.128. The molecule has 0 radical (unpaired) electrons. The van der Waals surface area contributed by atoms with Gasteiger partial charge in [-0.1, -0.05) is 50.6 Å². The van der Waals surface area contributed by atoms with Crippen molar-refractivity contribution in [1.82, 2.24) is 5.32 Å². The highest BCUT2D eigenvalue weighted by Crippen LogP contribution is 2.43. The van der Waals surface area contributed by atoms with E-state index in [1.54, 1.807) is 0 Å².